The lowest BCUT2D eigenvalue weighted by atomic mass is 10.0. The molecule has 20 heavy (non-hydrogen) atoms. The minimum Gasteiger partial charge on any atom is -0.358 e. The smallest absolute Gasteiger partial charge is 0.137 e. The summed E-state index contributed by atoms with van der Waals surface area (Å²) in [5.74, 6) is 0. The second kappa shape index (κ2) is 4.78. The van der Waals surface area contributed by atoms with E-state index in [-0.39, 0.29) is 0 Å². The summed E-state index contributed by atoms with van der Waals surface area (Å²) in [6, 6.07) is 6.70. The van der Waals surface area contributed by atoms with Crippen LogP contribution in [0.15, 0.2) is 30.9 Å². The van der Waals surface area contributed by atoms with E-state index in [1.54, 1.807) is 12.7 Å². The summed E-state index contributed by atoms with van der Waals surface area (Å²) in [6.07, 6.45) is 9.73. The van der Waals surface area contributed by atoms with Gasteiger partial charge >= 0.3 is 0 Å². The van der Waals surface area contributed by atoms with E-state index >= 15 is 0 Å². The van der Waals surface area contributed by atoms with Crippen LogP contribution in [0.4, 0.5) is 0 Å². The zero-order chi connectivity index (χ0) is 13.4. The van der Waals surface area contributed by atoms with Crippen LogP contribution >= 0.6 is 0 Å². The van der Waals surface area contributed by atoms with Gasteiger partial charge in [-0.3, -0.25) is 0 Å². The first kappa shape index (κ1) is 11.7. The van der Waals surface area contributed by atoms with E-state index in [4.69, 9.17) is 0 Å². The molecule has 0 bridgehead atoms. The second-order valence-electron chi connectivity index (χ2n) is 5.62. The molecule has 2 heterocycles. The summed E-state index contributed by atoms with van der Waals surface area (Å²) >= 11 is 0. The van der Waals surface area contributed by atoms with Crippen molar-refractivity contribution in [2.75, 3.05) is 0 Å². The van der Waals surface area contributed by atoms with E-state index < -0.39 is 0 Å². The molecule has 0 saturated carbocycles. The minimum atomic E-state index is 0.788. The summed E-state index contributed by atoms with van der Waals surface area (Å²) in [7, 11) is 0. The van der Waals surface area contributed by atoms with Gasteiger partial charge in [0.2, 0.25) is 0 Å². The Bertz CT molecular complexity index is 724. The molecule has 0 spiro atoms. The monoisotopic (exact) mass is 266 g/mol. The van der Waals surface area contributed by atoms with Crippen LogP contribution in [0, 0.1) is 0 Å². The molecule has 1 N–H and O–H groups in total. The molecule has 0 fully saturated rings. The Morgan fingerprint density at radius 2 is 2.10 bits per heavy atom. The number of aromatic amines is 1. The zero-order valence-corrected chi connectivity index (χ0v) is 11.5. The van der Waals surface area contributed by atoms with E-state index in [1.165, 1.54) is 59.8 Å². The fourth-order valence-corrected chi connectivity index (χ4v) is 3.23. The molecule has 4 nitrogen and oxygen atoms in total. The van der Waals surface area contributed by atoms with Gasteiger partial charge in [0.05, 0.1) is 6.54 Å². The topological polar surface area (TPSA) is 46.5 Å². The highest BCUT2D eigenvalue weighted by Gasteiger charge is 2.14. The van der Waals surface area contributed by atoms with Gasteiger partial charge in [0.25, 0.3) is 0 Å². The number of rotatable bonds is 2. The molecule has 3 aromatic rings. The fourth-order valence-electron chi connectivity index (χ4n) is 3.23. The Hall–Kier alpha value is -2.10. The predicted molar refractivity (Wildman–Crippen MR) is 78.7 cm³/mol. The highest BCUT2D eigenvalue weighted by molar-refractivity contribution is 5.85. The number of H-pyrrole nitrogens is 1. The lowest BCUT2D eigenvalue weighted by Gasteiger charge is -2.03. The molecular formula is C16H18N4. The molecular weight excluding hydrogens is 248 g/mol. The average Bonchev–Trinajstić information content (AvgIpc) is 3.01. The molecule has 0 saturated heterocycles. The van der Waals surface area contributed by atoms with Gasteiger partial charge in [-0.15, -0.1) is 0 Å². The van der Waals surface area contributed by atoms with Gasteiger partial charge in [0.15, 0.2) is 0 Å². The molecule has 0 radical (unpaired) electrons. The maximum atomic E-state index is 4.18. The SMILES string of the molecule is c1ncn(Cc2ccc3[nH]c4c(c3c2)CCCCC4)n1. The summed E-state index contributed by atoms with van der Waals surface area (Å²) in [4.78, 5) is 7.61. The van der Waals surface area contributed by atoms with Crippen molar-refractivity contribution >= 4 is 10.9 Å². The van der Waals surface area contributed by atoms with Crippen LogP contribution in [-0.2, 0) is 19.4 Å². The van der Waals surface area contributed by atoms with Crippen molar-refractivity contribution in [2.45, 2.75) is 38.6 Å². The number of aryl methyl sites for hydroxylation is 2. The van der Waals surface area contributed by atoms with E-state index in [9.17, 15) is 0 Å². The number of hydrogen-bond acceptors (Lipinski definition) is 2. The predicted octanol–water partition coefficient (Wildman–Crippen LogP) is 3.08. The van der Waals surface area contributed by atoms with Crippen LogP contribution in [0.1, 0.15) is 36.1 Å². The number of nitrogens with zero attached hydrogens (tertiary/aromatic N) is 3. The highest BCUT2D eigenvalue weighted by Crippen LogP contribution is 2.29. The Kier molecular flexibility index (Phi) is 2.80. The van der Waals surface area contributed by atoms with Gasteiger partial charge in [0.1, 0.15) is 12.7 Å². The van der Waals surface area contributed by atoms with Gasteiger partial charge in [-0.2, -0.15) is 5.10 Å². The second-order valence-corrected chi connectivity index (χ2v) is 5.62. The molecule has 2 aromatic heterocycles. The summed E-state index contributed by atoms with van der Waals surface area (Å²) in [5, 5.41) is 5.58. The van der Waals surface area contributed by atoms with Crippen LogP contribution in [-0.4, -0.2) is 19.7 Å². The number of hydrogen-bond donors (Lipinski definition) is 1. The average molecular weight is 266 g/mol. The first-order valence-electron chi connectivity index (χ1n) is 7.35. The van der Waals surface area contributed by atoms with Crippen molar-refractivity contribution in [1.29, 1.82) is 0 Å². The number of aromatic nitrogens is 4. The third-order valence-electron chi connectivity index (χ3n) is 4.22. The Labute approximate surface area is 117 Å². The van der Waals surface area contributed by atoms with Crippen molar-refractivity contribution in [2.24, 2.45) is 0 Å². The van der Waals surface area contributed by atoms with Gasteiger partial charge in [-0.25, -0.2) is 9.67 Å². The Balaban J connectivity index is 1.76. The molecule has 1 aliphatic carbocycles. The fraction of sp³-hybridized carbons (Fsp3) is 0.375. The van der Waals surface area contributed by atoms with Crippen LogP contribution in [0.5, 0.6) is 0 Å². The van der Waals surface area contributed by atoms with Crippen LogP contribution in [0.2, 0.25) is 0 Å². The van der Waals surface area contributed by atoms with Gasteiger partial charge in [-0.1, -0.05) is 12.5 Å². The van der Waals surface area contributed by atoms with Gasteiger partial charge in [-0.05, 0) is 48.9 Å². The highest BCUT2D eigenvalue weighted by atomic mass is 15.3. The molecule has 4 heteroatoms. The van der Waals surface area contributed by atoms with Gasteiger partial charge < -0.3 is 4.98 Å². The van der Waals surface area contributed by atoms with Crippen molar-refractivity contribution in [1.82, 2.24) is 19.7 Å². The molecule has 0 aliphatic heterocycles. The first-order valence-corrected chi connectivity index (χ1v) is 7.35. The van der Waals surface area contributed by atoms with Crippen LogP contribution in [0.25, 0.3) is 10.9 Å². The maximum absolute atomic E-state index is 4.18. The number of fused-ring (bicyclic) bond motifs is 3. The van der Waals surface area contributed by atoms with E-state index in [2.05, 4.69) is 33.3 Å². The van der Waals surface area contributed by atoms with Gasteiger partial charge in [0, 0.05) is 16.6 Å². The van der Waals surface area contributed by atoms with Crippen molar-refractivity contribution in [3.63, 3.8) is 0 Å². The third-order valence-corrected chi connectivity index (χ3v) is 4.22. The zero-order valence-electron chi connectivity index (χ0n) is 11.5. The van der Waals surface area contributed by atoms with E-state index in [0.717, 1.165) is 6.54 Å². The van der Waals surface area contributed by atoms with Crippen molar-refractivity contribution < 1.29 is 0 Å². The quantitative estimate of drug-likeness (QED) is 0.725. The van der Waals surface area contributed by atoms with E-state index in [1.807, 2.05) is 4.68 Å². The molecule has 4 rings (SSSR count). The lowest BCUT2D eigenvalue weighted by molar-refractivity contribution is 0.685. The third kappa shape index (κ3) is 2.01. The lowest BCUT2D eigenvalue weighted by Crippen LogP contribution is -1.99. The minimum absolute atomic E-state index is 0.788. The van der Waals surface area contributed by atoms with Crippen LogP contribution < -0.4 is 0 Å². The van der Waals surface area contributed by atoms with E-state index in [0.29, 0.717) is 0 Å². The first-order chi connectivity index (χ1) is 9.90. The molecule has 0 amide bonds. The molecule has 0 unspecified atom stereocenters. The summed E-state index contributed by atoms with van der Waals surface area (Å²) < 4.78 is 1.87. The Morgan fingerprint density at radius 3 is 3.00 bits per heavy atom. The molecule has 0 atom stereocenters. The Morgan fingerprint density at radius 1 is 1.15 bits per heavy atom. The summed E-state index contributed by atoms with van der Waals surface area (Å²) in [5.41, 5.74) is 5.56. The number of benzene rings is 1. The summed E-state index contributed by atoms with van der Waals surface area (Å²) in [6.45, 7) is 0.788. The van der Waals surface area contributed by atoms with Crippen molar-refractivity contribution in [3.05, 3.63) is 47.7 Å². The van der Waals surface area contributed by atoms with Crippen LogP contribution in [0.3, 0.4) is 0 Å². The molecule has 1 aliphatic rings. The number of nitrogens with one attached hydrogen (secondary N) is 1. The van der Waals surface area contributed by atoms with Crippen molar-refractivity contribution in [3.8, 4) is 0 Å². The normalized spacial score (nSPS) is 15.2. The molecule has 102 valence electrons. The maximum Gasteiger partial charge on any atom is 0.137 e. The standard InChI is InChI=1S/C16H18N4/c1-2-4-13-14-8-12(9-20-11-17-10-18-20)6-7-16(14)19-15(13)5-3-1/h6-8,10-11,19H,1-5,9H2. The molecule has 1 aromatic carbocycles. The largest absolute Gasteiger partial charge is 0.358 e.